The minimum absolute atomic E-state index is 0.273. The predicted molar refractivity (Wildman–Crippen MR) is 68.9 cm³/mol. The third kappa shape index (κ3) is 6.03. The molecule has 0 bridgehead atoms. The quantitative estimate of drug-likeness (QED) is 0.680. The van der Waals surface area contributed by atoms with Gasteiger partial charge in [0, 0.05) is 19.7 Å². The molecule has 17 heavy (non-hydrogen) atoms. The second-order valence-electron chi connectivity index (χ2n) is 4.96. The number of rotatable bonds is 7. The molecule has 0 atom stereocenters. The van der Waals surface area contributed by atoms with Crippen LogP contribution in [0, 0.1) is 0 Å². The molecule has 100 valence electrons. The van der Waals surface area contributed by atoms with Gasteiger partial charge in [-0.2, -0.15) is 0 Å². The second kappa shape index (κ2) is 8.48. The lowest BCUT2D eigenvalue weighted by Crippen LogP contribution is -2.41. The van der Waals surface area contributed by atoms with Crippen molar-refractivity contribution in [1.82, 2.24) is 9.80 Å². The van der Waals surface area contributed by atoms with Crippen molar-refractivity contribution in [2.75, 3.05) is 39.8 Å². The Morgan fingerprint density at radius 2 is 1.88 bits per heavy atom. The Labute approximate surface area is 105 Å². The maximum absolute atomic E-state index is 11.9. The van der Waals surface area contributed by atoms with E-state index in [0.29, 0.717) is 6.54 Å². The fraction of sp³-hybridized carbons (Fsp3) is 0.923. The van der Waals surface area contributed by atoms with Crippen LogP contribution in [0.2, 0.25) is 0 Å². The molecule has 1 saturated heterocycles. The summed E-state index contributed by atoms with van der Waals surface area (Å²) in [6.07, 6.45) is 6.55. The van der Waals surface area contributed by atoms with Crippen molar-refractivity contribution in [1.29, 1.82) is 0 Å². The number of amides is 1. The number of hydrogen-bond acceptors (Lipinski definition) is 3. The van der Waals surface area contributed by atoms with Crippen molar-refractivity contribution in [3.63, 3.8) is 0 Å². The van der Waals surface area contributed by atoms with Crippen LogP contribution in [0.1, 0.15) is 38.5 Å². The summed E-state index contributed by atoms with van der Waals surface area (Å²) < 4.78 is 0. The van der Waals surface area contributed by atoms with Crippen LogP contribution in [0.25, 0.3) is 0 Å². The van der Waals surface area contributed by atoms with E-state index < -0.39 is 0 Å². The molecule has 4 nitrogen and oxygen atoms in total. The lowest BCUT2D eigenvalue weighted by atomic mass is 10.1. The van der Waals surface area contributed by atoms with E-state index in [1.165, 1.54) is 6.42 Å². The number of nitrogens with zero attached hydrogens (tertiary/aromatic N) is 2. The number of likely N-dealkylation sites (tertiary alicyclic amines) is 1. The first-order chi connectivity index (χ1) is 8.24. The van der Waals surface area contributed by atoms with Gasteiger partial charge in [-0.15, -0.1) is 0 Å². The highest BCUT2D eigenvalue weighted by atomic mass is 16.2. The number of unbranched alkanes of at least 4 members (excludes halogenated alkanes) is 2. The zero-order valence-corrected chi connectivity index (χ0v) is 11.0. The molecule has 0 aromatic heterocycles. The first-order valence-electron chi connectivity index (χ1n) is 6.81. The van der Waals surface area contributed by atoms with Gasteiger partial charge in [-0.3, -0.25) is 9.69 Å². The first-order valence-corrected chi connectivity index (χ1v) is 6.81. The van der Waals surface area contributed by atoms with E-state index in [1.54, 1.807) is 0 Å². The number of aliphatic hydroxyl groups is 1. The summed E-state index contributed by atoms with van der Waals surface area (Å²) in [6.45, 7) is 3.64. The Kier molecular flexibility index (Phi) is 7.21. The summed E-state index contributed by atoms with van der Waals surface area (Å²) in [5.74, 6) is 0.273. The molecule has 0 aromatic rings. The predicted octanol–water partition coefficient (Wildman–Crippen LogP) is 1.09. The average Bonchev–Trinajstić information content (AvgIpc) is 2.36. The van der Waals surface area contributed by atoms with Crippen LogP contribution in [0.4, 0.5) is 0 Å². The monoisotopic (exact) mass is 242 g/mol. The molecule has 0 unspecified atom stereocenters. The lowest BCUT2D eigenvalue weighted by molar-refractivity contribution is -0.133. The van der Waals surface area contributed by atoms with E-state index in [0.717, 1.165) is 51.7 Å². The Morgan fingerprint density at radius 3 is 2.53 bits per heavy atom. The van der Waals surface area contributed by atoms with Gasteiger partial charge < -0.3 is 10.0 Å². The van der Waals surface area contributed by atoms with Crippen LogP contribution in [0.3, 0.4) is 0 Å². The Hall–Kier alpha value is -0.610. The van der Waals surface area contributed by atoms with Gasteiger partial charge in [-0.1, -0.05) is 0 Å². The van der Waals surface area contributed by atoms with E-state index in [-0.39, 0.29) is 12.5 Å². The highest BCUT2D eigenvalue weighted by Crippen LogP contribution is 2.09. The molecule has 0 aliphatic carbocycles. The molecule has 1 N–H and O–H groups in total. The number of carbonyl (C=O) groups excluding carboxylic acids is 1. The zero-order chi connectivity index (χ0) is 12.5. The summed E-state index contributed by atoms with van der Waals surface area (Å²) in [6, 6.07) is 0. The lowest BCUT2D eigenvalue weighted by Gasteiger charge is -2.28. The van der Waals surface area contributed by atoms with Crippen molar-refractivity contribution in [3.8, 4) is 0 Å². The van der Waals surface area contributed by atoms with Crippen molar-refractivity contribution in [2.45, 2.75) is 38.5 Å². The highest BCUT2D eigenvalue weighted by Gasteiger charge is 2.17. The van der Waals surface area contributed by atoms with Crippen LogP contribution in [0.15, 0.2) is 0 Å². The summed E-state index contributed by atoms with van der Waals surface area (Å²) in [4.78, 5) is 16.0. The maximum atomic E-state index is 11.9. The molecule has 4 heteroatoms. The second-order valence-corrected chi connectivity index (χ2v) is 4.96. The van der Waals surface area contributed by atoms with E-state index >= 15 is 0 Å². The van der Waals surface area contributed by atoms with Gasteiger partial charge in [0.05, 0.1) is 6.54 Å². The smallest absolute Gasteiger partial charge is 0.236 e. The van der Waals surface area contributed by atoms with Gasteiger partial charge in [-0.05, 0) is 52.1 Å². The normalized spacial score (nSPS) is 16.5. The molecule has 1 rings (SSSR count). The summed E-state index contributed by atoms with van der Waals surface area (Å²) >= 11 is 0. The number of likely N-dealkylation sites (N-methyl/N-ethyl adjacent to an activating group) is 1. The third-order valence-corrected chi connectivity index (χ3v) is 3.31. The Morgan fingerprint density at radius 1 is 1.18 bits per heavy atom. The molecule has 1 aliphatic rings. The molecule has 1 fully saturated rings. The SMILES string of the molecule is CN(CCCCCO)CC(=O)N1CCCCC1. The standard InChI is InChI=1S/C13H26N2O2/c1-14(8-4-3-7-11-16)12-13(17)15-9-5-2-6-10-15/h16H,2-12H2,1H3. The zero-order valence-electron chi connectivity index (χ0n) is 11.0. The van der Waals surface area contributed by atoms with Crippen molar-refractivity contribution in [3.05, 3.63) is 0 Å². The minimum atomic E-state index is 0.273. The Bertz CT molecular complexity index is 215. The minimum Gasteiger partial charge on any atom is -0.396 e. The molecule has 1 amide bonds. The Balaban J connectivity index is 2.11. The average molecular weight is 242 g/mol. The summed E-state index contributed by atoms with van der Waals surface area (Å²) in [5, 5.41) is 8.67. The molecule has 0 saturated carbocycles. The topological polar surface area (TPSA) is 43.8 Å². The van der Waals surface area contributed by atoms with Crippen LogP contribution >= 0.6 is 0 Å². The van der Waals surface area contributed by atoms with Crippen LogP contribution in [-0.4, -0.2) is 60.6 Å². The van der Waals surface area contributed by atoms with E-state index in [4.69, 9.17) is 5.11 Å². The molecule has 0 aromatic carbocycles. The highest BCUT2D eigenvalue weighted by molar-refractivity contribution is 5.78. The fourth-order valence-corrected chi connectivity index (χ4v) is 2.22. The van der Waals surface area contributed by atoms with E-state index in [1.807, 2.05) is 11.9 Å². The van der Waals surface area contributed by atoms with Gasteiger partial charge in [0.1, 0.15) is 0 Å². The molecular formula is C13H26N2O2. The summed E-state index contributed by atoms with van der Waals surface area (Å²) in [5.41, 5.74) is 0. The van der Waals surface area contributed by atoms with Crippen LogP contribution < -0.4 is 0 Å². The first kappa shape index (κ1) is 14.5. The van der Waals surface area contributed by atoms with Gasteiger partial charge in [0.15, 0.2) is 0 Å². The van der Waals surface area contributed by atoms with Crippen molar-refractivity contribution < 1.29 is 9.90 Å². The van der Waals surface area contributed by atoms with Crippen molar-refractivity contribution >= 4 is 5.91 Å². The molecule has 1 aliphatic heterocycles. The van der Waals surface area contributed by atoms with Crippen molar-refractivity contribution in [2.24, 2.45) is 0 Å². The number of carbonyl (C=O) groups is 1. The van der Waals surface area contributed by atoms with E-state index in [9.17, 15) is 4.79 Å². The van der Waals surface area contributed by atoms with Gasteiger partial charge in [0.2, 0.25) is 5.91 Å². The third-order valence-electron chi connectivity index (χ3n) is 3.31. The molecule has 1 heterocycles. The van der Waals surface area contributed by atoms with Gasteiger partial charge >= 0.3 is 0 Å². The van der Waals surface area contributed by atoms with Crippen LogP contribution in [0.5, 0.6) is 0 Å². The number of aliphatic hydroxyl groups excluding tert-OH is 1. The molecular weight excluding hydrogens is 216 g/mol. The number of hydrogen-bond donors (Lipinski definition) is 1. The van der Waals surface area contributed by atoms with E-state index in [2.05, 4.69) is 4.90 Å². The molecule has 0 radical (unpaired) electrons. The van der Waals surface area contributed by atoms with Gasteiger partial charge in [-0.25, -0.2) is 0 Å². The van der Waals surface area contributed by atoms with Gasteiger partial charge in [0.25, 0.3) is 0 Å². The fourth-order valence-electron chi connectivity index (χ4n) is 2.22. The van der Waals surface area contributed by atoms with Crippen LogP contribution in [-0.2, 0) is 4.79 Å². The largest absolute Gasteiger partial charge is 0.396 e. The molecule has 0 spiro atoms. The summed E-state index contributed by atoms with van der Waals surface area (Å²) in [7, 11) is 2.00. The number of piperidine rings is 1. The maximum Gasteiger partial charge on any atom is 0.236 e.